The molecule has 0 unspecified atom stereocenters. The van der Waals surface area contributed by atoms with Gasteiger partial charge in [-0.1, -0.05) is 44.2 Å². The van der Waals surface area contributed by atoms with Gasteiger partial charge in [-0.25, -0.2) is 4.98 Å². The topological polar surface area (TPSA) is 118 Å². The normalized spacial score (nSPS) is 11.3. The number of non-ortho nitro benzene ring substituents is 1. The number of benzene rings is 4. The monoisotopic (exact) mass is 660 g/mol. The largest absolute Gasteiger partial charge is 0.494 e. The number of hydrogen-bond donors (Lipinski definition) is 0. The number of nitrogens with zero attached hydrogens (tertiary/aromatic N) is 4. The minimum absolute atomic E-state index is 0.0114. The summed E-state index contributed by atoms with van der Waals surface area (Å²) in [6.45, 7) is 14.9. The van der Waals surface area contributed by atoms with Gasteiger partial charge in [0.05, 0.1) is 35.3 Å². The van der Waals surface area contributed by atoms with Crippen molar-refractivity contribution in [1.82, 2.24) is 9.66 Å². The van der Waals surface area contributed by atoms with Crippen LogP contribution >= 0.6 is 0 Å². The number of nitro benzene ring substituents is 1. The van der Waals surface area contributed by atoms with Crippen LogP contribution in [0.3, 0.4) is 0 Å². The van der Waals surface area contributed by atoms with E-state index in [9.17, 15) is 14.9 Å². The van der Waals surface area contributed by atoms with E-state index in [0.29, 0.717) is 59.0 Å². The number of nitro groups is 1. The van der Waals surface area contributed by atoms with Crippen LogP contribution in [0, 0.1) is 17.0 Å². The molecule has 1 heterocycles. The molecule has 0 saturated carbocycles. The summed E-state index contributed by atoms with van der Waals surface area (Å²) in [6, 6.07) is 21.3. The Bertz CT molecular complexity index is 2100. The SMILES string of the molecule is C=CCc1cc(C=Nn2c(-c3cc(C(C)C)c(OCC)cc3C)nc3ccccc3c2=O)cc(OCC)c1OCc1cccc([N+](=O)[O-])c1. The first-order valence-electron chi connectivity index (χ1n) is 16.3. The number of hydrogen-bond acceptors (Lipinski definition) is 8. The van der Waals surface area contributed by atoms with Crippen molar-refractivity contribution in [2.24, 2.45) is 5.10 Å². The van der Waals surface area contributed by atoms with Gasteiger partial charge in [-0.2, -0.15) is 9.78 Å². The van der Waals surface area contributed by atoms with Gasteiger partial charge in [0.1, 0.15) is 12.4 Å². The first-order chi connectivity index (χ1) is 23.6. The number of rotatable bonds is 14. The molecule has 1 aromatic heterocycles. The molecule has 49 heavy (non-hydrogen) atoms. The Labute approximate surface area is 285 Å². The molecular formula is C39H40N4O6. The summed E-state index contributed by atoms with van der Waals surface area (Å²) in [5, 5.41) is 16.5. The molecule has 0 N–H and O–H groups in total. The highest BCUT2D eigenvalue weighted by atomic mass is 16.6. The fraction of sp³-hybridized carbons (Fsp3) is 0.256. The molecule has 0 aliphatic rings. The van der Waals surface area contributed by atoms with Gasteiger partial charge in [0.25, 0.3) is 11.2 Å². The number of ether oxygens (including phenoxy) is 3. The smallest absolute Gasteiger partial charge is 0.282 e. The number of para-hydroxylation sites is 1. The molecule has 252 valence electrons. The van der Waals surface area contributed by atoms with Gasteiger partial charge in [0.15, 0.2) is 17.3 Å². The Morgan fingerprint density at radius 2 is 1.73 bits per heavy atom. The third-order valence-corrected chi connectivity index (χ3v) is 7.92. The van der Waals surface area contributed by atoms with Crippen LogP contribution in [0.25, 0.3) is 22.3 Å². The zero-order valence-electron chi connectivity index (χ0n) is 28.4. The molecule has 4 aromatic carbocycles. The number of aromatic nitrogens is 2. The van der Waals surface area contributed by atoms with E-state index in [4.69, 9.17) is 24.3 Å². The van der Waals surface area contributed by atoms with Crippen molar-refractivity contribution >= 4 is 22.8 Å². The summed E-state index contributed by atoms with van der Waals surface area (Å²) in [5.41, 5.74) is 5.04. The molecule has 0 atom stereocenters. The van der Waals surface area contributed by atoms with E-state index in [-0.39, 0.29) is 23.8 Å². The van der Waals surface area contributed by atoms with Crippen molar-refractivity contribution in [1.29, 1.82) is 0 Å². The molecule has 0 fully saturated rings. The molecule has 0 spiro atoms. The fourth-order valence-electron chi connectivity index (χ4n) is 5.61. The van der Waals surface area contributed by atoms with Crippen LogP contribution in [0.1, 0.15) is 61.4 Å². The Kier molecular flexibility index (Phi) is 10.9. The van der Waals surface area contributed by atoms with Gasteiger partial charge >= 0.3 is 0 Å². The maximum atomic E-state index is 14.0. The molecule has 5 aromatic rings. The van der Waals surface area contributed by atoms with Crippen molar-refractivity contribution < 1.29 is 19.1 Å². The third kappa shape index (κ3) is 7.70. The van der Waals surface area contributed by atoms with Crippen LogP contribution < -0.4 is 19.8 Å². The van der Waals surface area contributed by atoms with E-state index in [2.05, 4.69) is 20.4 Å². The molecule has 0 radical (unpaired) electrons. The van der Waals surface area contributed by atoms with E-state index in [1.807, 2.05) is 51.1 Å². The Balaban J connectivity index is 1.62. The predicted octanol–water partition coefficient (Wildman–Crippen LogP) is 8.39. The van der Waals surface area contributed by atoms with Gasteiger partial charge in [-0.3, -0.25) is 14.9 Å². The predicted molar refractivity (Wildman–Crippen MR) is 193 cm³/mol. The van der Waals surface area contributed by atoms with Crippen molar-refractivity contribution in [3.05, 3.63) is 134 Å². The Morgan fingerprint density at radius 1 is 0.980 bits per heavy atom. The molecule has 0 amide bonds. The van der Waals surface area contributed by atoms with Crippen molar-refractivity contribution in [3.8, 4) is 28.6 Å². The summed E-state index contributed by atoms with van der Waals surface area (Å²) >= 11 is 0. The fourth-order valence-corrected chi connectivity index (χ4v) is 5.61. The second kappa shape index (κ2) is 15.4. The second-order valence-corrected chi connectivity index (χ2v) is 11.8. The summed E-state index contributed by atoms with van der Waals surface area (Å²) in [7, 11) is 0. The van der Waals surface area contributed by atoms with Crippen molar-refractivity contribution in [2.45, 2.75) is 53.6 Å². The van der Waals surface area contributed by atoms with E-state index >= 15 is 0 Å². The lowest BCUT2D eigenvalue weighted by Gasteiger charge is -2.18. The maximum absolute atomic E-state index is 14.0. The van der Waals surface area contributed by atoms with Gasteiger partial charge in [0, 0.05) is 23.3 Å². The molecule has 0 bridgehead atoms. The average molecular weight is 661 g/mol. The van der Waals surface area contributed by atoms with E-state index in [0.717, 1.165) is 28.0 Å². The lowest BCUT2D eigenvalue weighted by atomic mass is 9.96. The van der Waals surface area contributed by atoms with Gasteiger partial charge in [-0.05, 0) is 91.8 Å². The van der Waals surface area contributed by atoms with Crippen LogP contribution in [-0.4, -0.2) is 34.0 Å². The highest BCUT2D eigenvalue weighted by molar-refractivity contribution is 5.83. The Hall–Kier alpha value is -5.77. The first kappa shape index (κ1) is 34.6. The van der Waals surface area contributed by atoms with Crippen LogP contribution in [0.5, 0.6) is 17.2 Å². The lowest BCUT2D eigenvalue weighted by Crippen LogP contribution is -2.21. The number of aryl methyl sites for hydroxylation is 1. The molecule has 0 saturated heterocycles. The summed E-state index contributed by atoms with van der Waals surface area (Å²) in [6.07, 6.45) is 3.81. The quantitative estimate of drug-likeness (QED) is 0.0508. The molecule has 10 heteroatoms. The zero-order chi connectivity index (χ0) is 35.1. The molecule has 0 aliphatic heterocycles. The minimum atomic E-state index is -0.436. The van der Waals surface area contributed by atoms with Crippen LogP contribution in [0.2, 0.25) is 0 Å². The van der Waals surface area contributed by atoms with E-state index < -0.39 is 4.92 Å². The molecule has 10 nitrogen and oxygen atoms in total. The van der Waals surface area contributed by atoms with E-state index in [1.54, 1.807) is 42.6 Å². The van der Waals surface area contributed by atoms with Gasteiger partial charge in [0.2, 0.25) is 0 Å². The molecular weight excluding hydrogens is 620 g/mol. The first-order valence-corrected chi connectivity index (χ1v) is 16.3. The number of allylic oxidation sites excluding steroid dienone is 1. The number of fused-ring (bicyclic) bond motifs is 1. The average Bonchev–Trinajstić information content (AvgIpc) is 3.08. The highest BCUT2D eigenvalue weighted by Crippen LogP contribution is 2.36. The van der Waals surface area contributed by atoms with Crippen molar-refractivity contribution in [2.75, 3.05) is 13.2 Å². The lowest BCUT2D eigenvalue weighted by molar-refractivity contribution is -0.384. The third-order valence-electron chi connectivity index (χ3n) is 7.92. The van der Waals surface area contributed by atoms with Crippen LogP contribution in [0.15, 0.2) is 95.3 Å². The molecule has 5 rings (SSSR count). The highest BCUT2D eigenvalue weighted by Gasteiger charge is 2.19. The van der Waals surface area contributed by atoms with Crippen molar-refractivity contribution in [3.63, 3.8) is 0 Å². The second-order valence-electron chi connectivity index (χ2n) is 11.8. The summed E-state index contributed by atoms with van der Waals surface area (Å²) < 4.78 is 19.5. The van der Waals surface area contributed by atoms with Gasteiger partial charge < -0.3 is 14.2 Å². The summed E-state index contributed by atoms with van der Waals surface area (Å²) in [4.78, 5) is 29.8. The Morgan fingerprint density at radius 3 is 2.45 bits per heavy atom. The van der Waals surface area contributed by atoms with Crippen LogP contribution in [-0.2, 0) is 13.0 Å². The van der Waals surface area contributed by atoms with Gasteiger partial charge in [-0.15, -0.1) is 6.58 Å². The molecule has 0 aliphatic carbocycles. The summed E-state index contributed by atoms with van der Waals surface area (Å²) in [5.74, 6) is 2.37. The minimum Gasteiger partial charge on any atom is -0.494 e. The van der Waals surface area contributed by atoms with E-state index in [1.165, 1.54) is 16.8 Å². The zero-order valence-corrected chi connectivity index (χ0v) is 28.4. The standard InChI is InChI=1S/C39H40N4O6/c1-7-13-29-19-28(21-36(48-9-3)37(29)49-24-27-14-12-15-30(20-27)43(45)46)23-40-42-38(41-34-17-11-10-16-31(34)39(42)44)33-22-32(25(4)5)35(47-8-2)18-26(33)6/h7,10-12,14-23,25H,1,8-9,13,24H2,2-6H3. The van der Waals surface area contributed by atoms with Crippen LogP contribution in [0.4, 0.5) is 5.69 Å². The maximum Gasteiger partial charge on any atom is 0.282 e.